The highest BCUT2D eigenvalue weighted by molar-refractivity contribution is 5.90. The van der Waals surface area contributed by atoms with Crippen LogP contribution in [0.4, 0.5) is 13.2 Å². The second-order valence-corrected chi connectivity index (χ2v) is 5.00. The number of halogens is 3. The van der Waals surface area contributed by atoms with Gasteiger partial charge in [-0.15, -0.1) is 0 Å². The van der Waals surface area contributed by atoms with E-state index in [1.807, 2.05) is 6.92 Å². The molecule has 0 fully saturated rings. The number of benzene rings is 1. The fraction of sp³-hybridized carbons (Fsp3) is 0.125. The monoisotopic (exact) mass is 320 g/mol. The third-order valence-electron chi connectivity index (χ3n) is 3.44. The van der Waals surface area contributed by atoms with E-state index in [1.165, 1.54) is 6.20 Å². The third kappa shape index (κ3) is 2.44. The minimum absolute atomic E-state index is 0.0686. The lowest BCUT2D eigenvalue weighted by molar-refractivity contribution is 0.0593. The van der Waals surface area contributed by atoms with E-state index in [2.05, 4.69) is 9.72 Å². The van der Waals surface area contributed by atoms with Crippen LogP contribution in [0, 0.1) is 24.4 Å². The van der Waals surface area contributed by atoms with E-state index in [4.69, 9.17) is 0 Å². The fourth-order valence-corrected chi connectivity index (χ4v) is 2.29. The first kappa shape index (κ1) is 15.1. The molecule has 0 unspecified atom stereocenters. The van der Waals surface area contributed by atoms with Gasteiger partial charge in [0, 0.05) is 12.4 Å². The Hall–Kier alpha value is -2.83. The first-order valence-electron chi connectivity index (χ1n) is 6.64. The van der Waals surface area contributed by atoms with Crippen LogP contribution < -0.4 is 0 Å². The molecule has 4 nitrogen and oxygen atoms in total. The summed E-state index contributed by atoms with van der Waals surface area (Å²) in [4.78, 5) is 15.5. The van der Waals surface area contributed by atoms with Crippen LogP contribution in [0.15, 0.2) is 30.6 Å². The van der Waals surface area contributed by atoms with Crippen molar-refractivity contribution in [3.63, 3.8) is 0 Å². The number of carbonyl (C=O) groups excluding carboxylic acids is 1. The van der Waals surface area contributed by atoms with E-state index in [-0.39, 0.29) is 5.69 Å². The van der Waals surface area contributed by atoms with Crippen molar-refractivity contribution in [2.75, 3.05) is 7.11 Å². The average Bonchev–Trinajstić information content (AvgIpc) is 2.92. The number of nitrogens with zero attached hydrogens (tertiary/aromatic N) is 2. The van der Waals surface area contributed by atoms with Gasteiger partial charge in [0.1, 0.15) is 17.0 Å². The van der Waals surface area contributed by atoms with E-state index < -0.39 is 34.5 Å². The predicted molar refractivity (Wildman–Crippen MR) is 76.6 cm³/mol. The Kier molecular flexibility index (Phi) is 3.55. The zero-order chi connectivity index (χ0) is 16.7. The molecule has 23 heavy (non-hydrogen) atoms. The average molecular weight is 320 g/mol. The van der Waals surface area contributed by atoms with Gasteiger partial charge in [-0.1, -0.05) is 0 Å². The number of pyridine rings is 1. The summed E-state index contributed by atoms with van der Waals surface area (Å²) in [6, 6.07) is 4.12. The second kappa shape index (κ2) is 5.42. The number of hydrogen-bond donors (Lipinski definition) is 0. The minimum atomic E-state index is -1.48. The lowest BCUT2D eigenvalue weighted by atomic mass is 10.1. The number of imidazole rings is 1. The molecule has 0 bridgehead atoms. The molecular weight excluding hydrogens is 309 g/mol. The van der Waals surface area contributed by atoms with Gasteiger partial charge in [0.25, 0.3) is 0 Å². The molecule has 0 aliphatic carbocycles. The van der Waals surface area contributed by atoms with Gasteiger partial charge in [-0.2, -0.15) is 0 Å². The number of aromatic nitrogens is 2. The summed E-state index contributed by atoms with van der Waals surface area (Å²) in [7, 11) is 0.996. The molecule has 0 atom stereocenters. The van der Waals surface area contributed by atoms with Gasteiger partial charge in [-0.25, -0.2) is 22.9 Å². The van der Waals surface area contributed by atoms with Crippen molar-refractivity contribution in [2.24, 2.45) is 0 Å². The van der Waals surface area contributed by atoms with Crippen molar-refractivity contribution in [2.45, 2.75) is 6.92 Å². The Morgan fingerprint density at radius 2 is 1.96 bits per heavy atom. The molecule has 2 heterocycles. The number of methoxy groups -OCH3 is 1. The Morgan fingerprint density at radius 3 is 2.65 bits per heavy atom. The largest absolute Gasteiger partial charge is 0.465 e. The van der Waals surface area contributed by atoms with Crippen LogP contribution in [0.1, 0.15) is 15.9 Å². The van der Waals surface area contributed by atoms with Gasteiger partial charge >= 0.3 is 5.97 Å². The predicted octanol–water partition coefficient (Wildman–Crippen LogP) is 3.51. The number of ether oxygens (including phenoxy) is 1. The molecule has 2 aromatic heterocycles. The zero-order valence-corrected chi connectivity index (χ0v) is 12.2. The maximum Gasteiger partial charge on any atom is 0.341 e. The SMILES string of the molecule is COC(=O)c1cc(F)c(-c2cn3ccc(C)cc3n2)c(F)c1F. The van der Waals surface area contributed by atoms with Gasteiger partial charge in [0.05, 0.1) is 18.4 Å². The number of carbonyl (C=O) groups is 1. The van der Waals surface area contributed by atoms with E-state index in [0.717, 1.165) is 12.7 Å². The van der Waals surface area contributed by atoms with Gasteiger partial charge in [0.2, 0.25) is 0 Å². The van der Waals surface area contributed by atoms with Crippen LogP contribution in [0.25, 0.3) is 16.9 Å². The fourth-order valence-electron chi connectivity index (χ4n) is 2.29. The Bertz CT molecular complexity index is 935. The zero-order valence-electron chi connectivity index (χ0n) is 12.2. The van der Waals surface area contributed by atoms with Gasteiger partial charge in [-0.3, -0.25) is 0 Å². The molecule has 1 aromatic carbocycles. The van der Waals surface area contributed by atoms with Crippen molar-refractivity contribution < 1.29 is 22.7 Å². The van der Waals surface area contributed by atoms with Crippen molar-refractivity contribution in [3.05, 3.63) is 59.2 Å². The Morgan fingerprint density at radius 1 is 1.22 bits per heavy atom. The van der Waals surface area contributed by atoms with Crippen LogP contribution in [-0.4, -0.2) is 22.5 Å². The van der Waals surface area contributed by atoms with Gasteiger partial charge in [-0.05, 0) is 30.7 Å². The molecule has 0 aliphatic heterocycles. The standard InChI is InChI=1S/C16H11F3N2O2/c1-8-3-4-21-7-11(20-12(21)5-8)13-10(17)6-9(16(22)23-2)14(18)15(13)19/h3-7H,1-2H3. The van der Waals surface area contributed by atoms with Crippen LogP contribution in [0.5, 0.6) is 0 Å². The molecule has 3 aromatic rings. The Balaban J connectivity index is 2.22. The molecule has 0 radical (unpaired) electrons. The summed E-state index contributed by atoms with van der Waals surface area (Å²) in [6.07, 6.45) is 3.06. The quantitative estimate of drug-likeness (QED) is 0.536. The number of rotatable bonds is 2. The van der Waals surface area contributed by atoms with Crippen molar-refractivity contribution in [1.29, 1.82) is 0 Å². The molecule has 0 aliphatic rings. The molecule has 3 rings (SSSR count). The molecular formula is C16H11F3N2O2. The van der Waals surface area contributed by atoms with Crippen molar-refractivity contribution >= 4 is 11.6 Å². The molecule has 118 valence electrons. The minimum Gasteiger partial charge on any atom is -0.465 e. The molecule has 0 saturated heterocycles. The summed E-state index contributed by atoms with van der Waals surface area (Å²) >= 11 is 0. The lowest BCUT2D eigenvalue weighted by Gasteiger charge is -2.07. The smallest absolute Gasteiger partial charge is 0.341 e. The molecule has 0 spiro atoms. The van der Waals surface area contributed by atoms with E-state index in [9.17, 15) is 18.0 Å². The molecule has 0 amide bonds. The van der Waals surface area contributed by atoms with Crippen LogP contribution in [0.2, 0.25) is 0 Å². The molecule has 0 N–H and O–H groups in total. The number of esters is 1. The maximum absolute atomic E-state index is 14.2. The number of aryl methyl sites for hydroxylation is 1. The first-order valence-corrected chi connectivity index (χ1v) is 6.64. The molecule has 7 heteroatoms. The summed E-state index contributed by atoms with van der Waals surface area (Å²) in [5, 5.41) is 0. The van der Waals surface area contributed by atoms with E-state index in [1.54, 1.807) is 22.7 Å². The summed E-state index contributed by atoms with van der Waals surface area (Å²) in [5.41, 5.74) is -0.109. The summed E-state index contributed by atoms with van der Waals surface area (Å²) in [6.45, 7) is 1.85. The Labute approximate surface area is 129 Å². The van der Waals surface area contributed by atoms with Crippen molar-refractivity contribution in [1.82, 2.24) is 9.38 Å². The second-order valence-electron chi connectivity index (χ2n) is 5.00. The van der Waals surface area contributed by atoms with Crippen LogP contribution >= 0.6 is 0 Å². The highest BCUT2D eigenvalue weighted by Gasteiger charge is 2.25. The normalized spacial score (nSPS) is 11.0. The highest BCUT2D eigenvalue weighted by atomic mass is 19.2. The molecule has 0 saturated carbocycles. The third-order valence-corrected chi connectivity index (χ3v) is 3.44. The van der Waals surface area contributed by atoms with Crippen LogP contribution in [0.3, 0.4) is 0 Å². The van der Waals surface area contributed by atoms with E-state index in [0.29, 0.717) is 11.7 Å². The van der Waals surface area contributed by atoms with Gasteiger partial charge in [0.15, 0.2) is 11.6 Å². The van der Waals surface area contributed by atoms with Crippen LogP contribution in [-0.2, 0) is 4.74 Å². The van der Waals surface area contributed by atoms with Crippen molar-refractivity contribution in [3.8, 4) is 11.3 Å². The summed E-state index contributed by atoms with van der Waals surface area (Å²) < 4.78 is 48.3. The van der Waals surface area contributed by atoms with Gasteiger partial charge < -0.3 is 9.14 Å². The number of fused-ring (bicyclic) bond motifs is 1. The topological polar surface area (TPSA) is 43.6 Å². The number of hydrogen-bond acceptors (Lipinski definition) is 3. The maximum atomic E-state index is 14.2. The first-order chi connectivity index (χ1) is 10.9. The lowest BCUT2D eigenvalue weighted by Crippen LogP contribution is -2.09. The summed E-state index contributed by atoms with van der Waals surface area (Å²) in [5.74, 6) is -5.20. The van der Waals surface area contributed by atoms with E-state index >= 15 is 0 Å². The highest BCUT2D eigenvalue weighted by Crippen LogP contribution is 2.29.